The van der Waals surface area contributed by atoms with Crippen LogP contribution in [0.5, 0.6) is 0 Å². The van der Waals surface area contributed by atoms with Gasteiger partial charge >= 0.3 is 0 Å². The minimum atomic E-state index is -0.235. The highest BCUT2D eigenvalue weighted by Gasteiger charge is 2.44. The van der Waals surface area contributed by atoms with Gasteiger partial charge in [-0.3, -0.25) is 4.79 Å². The Morgan fingerprint density at radius 1 is 1.32 bits per heavy atom. The van der Waals surface area contributed by atoms with Gasteiger partial charge in [0.15, 0.2) is 5.76 Å². The van der Waals surface area contributed by atoms with E-state index in [4.69, 9.17) is 4.42 Å². The summed E-state index contributed by atoms with van der Waals surface area (Å²) in [5, 5.41) is 2.85. The van der Waals surface area contributed by atoms with Crippen molar-refractivity contribution < 1.29 is 13.6 Å². The third-order valence-electron chi connectivity index (χ3n) is 3.62. The van der Waals surface area contributed by atoms with Crippen molar-refractivity contribution in [1.82, 2.24) is 5.32 Å². The molecule has 4 heteroatoms. The van der Waals surface area contributed by atoms with E-state index >= 15 is 0 Å². The molecule has 19 heavy (non-hydrogen) atoms. The van der Waals surface area contributed by atoms with Crippen LogP contribution in [0.1, 0.15) is 29.0 Å². The van der Waals surface area contributed by atoms with Crippen molar-refractivity contribution >= 4 is 5.91 Å². The Morgan fingerprint density at radius 2 is 2.16 bits per heavy atom. The molecule has 2 aromatic rings. The van der Waals surface area contributed by atoms with Gasteiger partial charge in [0.1, 0.15) is 5.82 Å². The lowest BCUT2D eigenvalue weighted by atomic mass is 9.96. The smallest absolute Gasteiger partial charge is 0.287 e. The largest absolute Gasteiger partial charge is 0.459 e. The van der Waals surface area contributed by atoms with Gasteiger partial charge in [-0.15, -0.1) is 0 Å². The lowest BCUT2D eigenvalue weighted by Crippen LogP contribution is -2.32. The van der Waals surface area contributed by atoms with Crippen molar-refractivity contribution in [2.75, 3.05) is 6.54 Å². The molecule has 0 radical (unpaired) electrons. The van der Waals surface area contributed by atoms with Crippen LogP contribution >= 0.6 is 0 Å². The van der Waals surface area contributed by atoms with Crippen molar-refractivity contribution in [1.29, 1.82) is 0 Å². The van der Waals surface area contributed by atoms with Crippen molar-refractivity contribution in [3.8, 4) is 0 Å². The van der Waals surface area contributed by atoms with Gasteiger partial charge in [0.2, 0.25) is 0 Å². The molecule has 1 aliphatic rings. The summed E-state index contributed by atoms with van der Waals surface area (Å²) < 4.78 is 18.3. The maximum atomic E-state index is 13.2. The monoisotopic (exact) mass is 259 g/mol. The summed E-state index contributed by atoms with van der Waals surface area (Å²) in [6.45, 7) is 0.510. The summed E-state index contributed by atoms with van der Waals surface area (Å²) in [7, 11) is 0. The summed E-state index contributed by atoms with van der Waals surface area (Å²) in [5.41, 5.74) is 0.844. The summed E-state index contributed by atoms with van der Waals surface area (Å²) in [5.74, 6) is -0.163. The topological polar surface area (TPSA) is 42.2 Å². The van der Waals surface area contributed by atoms with Gasteiger partial charge in [-0.1, -0.05) is 12.1 Å². The van der Waals surface area contributed by atoms with Crippen molar-refractivity contribution in [2.24, 2.45) is 0 Å². The second-order valence-electron chi connectivity index (χ2n) is 4.95. The molecule has 1 aliphatic carbocycles. The summed E-state index contributed by atoms with van der Waals surface area (Å²) in [6, 6.07) is 9.90. The molecule has 0 saturated heterocycles. The molecule has 0 aliphatic heterocycles. The Hall–Kier alpha value is -2.10. The van der Waals surface area contributed by atoms with Crippen LogP contribution < -0.4 is 5.32 Å². The molecule has 0 atom stereocenters. The zero-order valence-electron chi connectivity index (χ0n) is 10.4. The molecule has 1 fully saturated rings. The van der Waals surface area contributed by atoms with Crippen LogP contribution in [-0.4, -0.2) is 12.5 Å². The number of hydrogen-bond acceptors (Lipinski definition) is 2. The zero-order chi connectivity index (χ0) is 13.3. The highest BCUT2D eigenvalue weighted by atomic mass is 19.1. The molecule has 1 amide bonds. The lowest BCUT2D eigenvalue weighted by Gasteiger charge is -2.16. The maximum absolute atomic E-state index is 13.2. The van der Waals surface area contributed by atoms with Crippen molar-refractivity contribution in [2.45, 2.75) is 18.3 Å². The van der Waals surface area contributed by atoms with Crippen LogP contribution in [0, 0.1) is 5.82 Å². The minimum absolute atomic E-state index is 0.107. The van der Waals surface area contributed by atoms with Gasteiger partial charge in [0, 0.05) is 12.0 Å². The molecule has 0 spiro atoms. The zero-order valence-corrected chi connectivity index (χ0v) is 10.4. The number of carbonyl (C=O) groups is 1. The van der Waals surface area contributed by atoms with E-state index in [-0.39, 0.29) is 17.1 Å². The Labute approximate surface area is 110 Å². The van der Waals surface area contributed by atoms with E-state index in [9.17, 15) is 9.18 Å². The maximum Gasteiger partial charge on any atom is 0.287 e. The summed E-state index contributed by atoms with van der Waals surface area (Å²) in [6.07, 6.45) is 3.40. The predicted octanol–water partition coefficient (Wildman–Crippen LogP) is 2.88. The quantitative estimate of drug-likeness (QED) is 0.917. The van der Waals surface area contributed by atoms with E-state index in [1.807, 2.05) is 6.07 Å². The molecule has 0 bridgehead atoms. The molecular weight excluding hydrogens is 245 g/mol. The second-order valence-corrected chi connectivity index (χ2v) is 4.95. The van der Waals surface area contributed by atoms with E-state index in [0.29, 0.717) is 12.3 Å². The first-order chi connectivity index (χ1) is 9.20. The van der Waals surface area contributed by atoms with Gasteiger partial charge in [0.25, 0.3) is 5.91 Å². The standard InChI is InChI=1S/C15H14FNO2/c16-12-4-1-3-11(9-12)15(6-7-15)10-17-14(18)13-5-2-8-19-13/h1-5,8-9H,6-7,10H2,(H,17,18). The molecule has 1 aromatic carbocycles. The predicted molar refractivity (Wildman–Crippen MR) is 68.4 cm³/mol. The van der Waals surface area contributed by atoms with Crippen LogP contribution in [0.4, 0.5) is 4.39 Å². The number of carbonyl (C=O) groups excluding carboxylic acids is 1. The van der Waals surface area contributed by atoms with Crippen LogP contribution in [-0.2, 0) is 5.41 Å². The van der Waals surface area contributed by atoms with E-state index in [2.05, 4.69) is 5.32 Å². The number of nitrogens with one attached hydrogen (secondary N) is 1. The number of benzene rings is 1. The minimum Gasteiger partial charge on any atom is -0.459 e. The molecule has 1 saturated carbocycles. The molecule has 1 aromatic heterocycles. The number of furan rings is 1. The highest BCUT2D eigenvalue weighted by Crippen LogP contribution is 2.47. The van der Waals surface area contributed by atoms with Crippen LogP contribution in [0.25, 0.3) is 0 Å². The van der Waals surface area contributed by atoms with Gasteiger partial charge in [-0.25, -0.2) is 4.39 Å². The van der Waals surface area contributed by atoms with E-state index < -0.39 is 0 Å². The average Bonchev–Trinajstić information content (AvgIpc) is 3.00. The molecule has 3 nitrogen and oxygen atoms in total. The first kappa shape index (κ1) is 12.0. The van der Waals surface area contributed by atoms with E-state index in [1.54, 1.807) is 24.3 Å². The first-order valence-electron chi connectivity index (χ1n) is 6.27. The Kier molecular flexibility index (Phi) is 2.85. The number of hydrogen-bond donors (Lipinski definition) is 1. The van der Waals surface area contributed by atoms with Crippen molar-refractivity contribution in [3.05, 3.63) is 59.8 Å². The number of amides is 1. The lowest BCUT2D eigenvalue weighted by molar-refractivity contribution is 0.0922. The Balaban J connectivity index is 1.68. The van der Waals surface area contributed by atoms with Gasteiger partial charge < -0.3 is 9.73 Å². The third kappa shape index (κ3) is 2.38. The molecule has 98 valence electrons. The van der Waals surface area contributed by atoms with Gasteiger partial charge in [-0.05, 0) is 42.7 Å². The van der Waals surface area contributed by atoms with Gasteiger partial charge in [0.05, 0.1) is 6.26 Å². The van der Waals surface area contributed by atoms with Crippen molar-refractivity contribution in [3.63, 3.8) is 0 Å². The number of rotatable bonds is 4. The van der Waals surface area contributed by atoms with Crippen LogP contribution in [0.15, 0.2) is 47.1 Å². The molecule has 1 heterocycles. The fourth-order valence-electron chi connectivity index (χ4n) is 2.28. The molecule has 0 unspecified atom stereocenters. The average molecular weight is 259 g/mol. The molecular formula is C15H14FNO2. The molecule has 3 rings (SSSR count). The Bertz CT molecular complexity index is 588. The van der Waals surface area contributed by atoms with Crippen LogP contribution in [0.2, 0.25) is 0 Å². The normalized spacial score (nSPS) is 16.1. The number of halogens is 1. The summed E-state index contributed by atoms with van der Waals surface area (Å²) in [4.78, 5) is 11.8. The SMILES string of the molecule is O=C(NCC1(c2cccc(F)c2)CC1)c1ccco1. The third-order valence-corrected chi connectivity index (χ3v) is 3.62. The van der Waals surface area contributed by atoms with E-state index in [0.717, 1.165) is 18.4 Å². The fourth-order valence-corrected chi connectivity index (χ4v) is 2.28. The van der Waals surface area contributed by atoms with Gasteiger partial charge in [-0.2, -0.15) is 0 Å². The molecule has 1 N–H and O–H groups in total. The van der Waals surface area contributed by atoms with E-state index in [1.165, 1.54) is 12.3 Å². The Morgan fingerprint density at radius 3 is 2.79 bits per heavy atom. The first-order valence-corrected chi connectivity index (χ1v) is 6.27. The second kappa shape index (κ2) is 4.53. The fraction of sp³-hybridized carbons (Fsp3) is 0.267. The summed E-state index contributed by atoms with van der Waals surface area (Å²) >= 11 is 0. The highest BCUT2D eigenvalue weighted by molar-refractivity contribution is 5.91. The van der Waals surface area contributed by atoms with Crippen LogP contribution in [0.3, 0.4) is 0 Å².